The molecule has 0 aliphatic rings. The van der Waals surface area contributed by atoms with E-state index < -0.39 is 0 Å². The minimum Gasteiger partial charge on any atom is -0.370 e. The number of nitrogens with zero attached hydrogens (tertiary/aromatic N) is 2. The first-order valence-corrected chi connectivity index (χ1v) is 7.74. The second kappa shape index (κ2) is 6.75. The molecule has 3 nitrogen and oxygen atoms in total. The van der Waals surface area contributed by atoms with Crippen molar-refractivity contribution in [3.63, 3.8) is 0 Å². The zero-order valence-electron chi connectivity index (χ0n) is 12.5. The molecule has 0 saturated carbocycles. The number of aromatic nitrogens is 2. The summed E-state index contributed by atoms with van der Waals surface area (Å²) in [4.78, 5) is 9.94. The fourth-order valence-electron chi connectivity index (χ4n) is 1.85. The molecule has 0 aliphatic heterocycles. The van der Waals surface area contributed by atoms with Gasteiger partial charge in [-0.2, -0.15) is 0 Å². The summed E-state index contributed by atoms with van der Waals surface area (Å²) >= 11 is 1.69. The first-order valence-electron chi connectivity index (χ1n) is 6.92. The molecule has 20 heavy (non-hydrogen) atoms. The van der Waals surface area contributed by atoms with E-state index in [1.165, 1.54) is 16.0 Å². The molecule has 1 heterocycles. The van der Waals surface area contributed by atoms with Gasteiger partial charge in [-0.1, -0.05) is 24.8 Å². The molecule has 0 aliphatic carbocycles. The predicted octanol–water partition coefficient (Wildman–Crippen LogP) is 4.37. The number of nitrogens with one attached hydrogen (secondary N) is 1. The van der Waals surface area contributed by atoms with Crippen LogP contribution in [0.15, 0.2) is 34.4 Å². The average Bonchev–Trinajstić information content (AvgIpc) is 2.44. The van der Waals surface area contributed by atoms with Crippen molar-refractivity contribution in [2.75, 3.05) is 11.9 Å². The number of hydrogen-bond donors (Lipinski definition) is 1. The monoisotopic (exact) mass is 287 g/mol. The van der Waals surface area contributed by atoms with E-state index in [2.05, 4.69) is 61.2 Å². The zero-order chi connectivity index (χ0) is 14.5. The molecule has 0 spiro atoms. The Bertz CT molecular complexity index is 596. The molecule has 2 rings (SSSR count). The van der Waals surface area contributed by atoms with E-state index >= 15 is 0 Å². The van der Waals surface area contributed by atoms with E-state index in [0.29, 0.717) is 0 Å². The molecule has 1 aromatic heterocycles. The van der Waals surface area contributed by atoms with E-state index in [9.17, 15) is 0 Å². The molecule has 0 bridgehead atoms. The number of hydrogen-bond acceptors (Lipinski definition) is 4. The van der Waals surface area contributed by atoms with Crippen molar-refractivity contribution in [3.8, 4) is 0 Å². The average molecular weight is 287 g/mol. The fraction of sp³-hybridized carbons (Fsp3) is 0.375. The zero-order valence-corrected chi connectivity index (χ0v) is 13.3. The Kier molecular flexibility index (Phi) is 5.01. The minimum absolute atomic E-state index is 0.936. The van der Waals surface area contributed by atoms with Crippen molar-refractivity contribution in [1.82, 2.24) is 9.97 Å². The SMILES string of the molecule is CCCNc1ncnc(Sc2ccc(C)c(C)c2)c1C. The van der Waals surface area contributed by atoms with Gasteiger partial charge in [-0.3, -0.25) is 0 Å². The summed E-state index contributed by atoms with van der Waals surface area (Å²) in [5, 5.41) is 4.36. The Morgan fingerprint density at radius 1 is 1.10 bits per heavy atom. The largest absolute Gasteiger partial charge is 0.370 e. The molecule has 0 saturated heterocycles. The Morgan fingerprint density at radius 3 is 2.60 bits per heavy atom. The van der Waals surface area contributed by atoms with Crippen LogP contribution in [-0.4, -0.2) is 16.5 Å². The summed E-state index contributed by atoms with van der Waals surface area (Å²) in [6.45, 7) is 9.42. The predicted molar refractivity (Wildman–Crippen MR) is 85.6 cm³/mol. The number of rotatable bonds is 5. The smallest absolute Gasteiger partial charge is 0.133 e. The number of benzene rings is 1. The fourth-order valence-corrected chi connectivity index (χ4v) is 2.79. The standard InChI is InChI=1S/C16H21N3S/c1-5-8-17-15-13(4)16(19-10-18-15)20-14-7-6-11(2)12(3)9-14/h6-7,9-10H,5,8H2,1-4H3,(H,17,18,19). The lowest BCUT2D eigenvalue weighted by Crippen LogP contribution is -2.05. The van der Waals surface area contributed by atoms with Crippen LogP contribution in [0.3, 0.4) is 0 Å². The van der Waals surface area contributed by atoms with Crippen LogP contribution in [-0.2, 0) is 0 Å². The maximum atomic E-state index is 4.41. The molecule has 1 aromatic carbocycles. The normalized spacial score (nSPS) is 10.6. The Morgan fingerprint density at radius 2 is 1.90 bits per heavy atom. The van der Waals surface area contributed by atoms with Gasteiger partial charge in [0.15, 0.2) is 0 Å². The van der Waals surface area contributed by atoms with Crippen LogP contribution in [0.1, 0.15) is 30.0 Å². The lowest BCUT2D eigenvalue weighted by atomic mass is 10.1. The van der Waals surface area contributed by atoms with E-state index in [4.69, 9.17) is 0 Å². The summed E-state index contributed by atoms with van der Waals surface area (Å²) in [5.41, 5.74) is 3.74. The molecule has 4 heteroatoms. The van der Waals surface area contributed by atoms with Crippen LogP contribution in [0.25, 0.3) is 0 Å². The molecular formula is C16H21N3S. The number of aryl methyl sites for hydroxylation is 2. The van der Waals surface area contributed by atoms with E-state index in [0.717, 1.165) is 29.4 Å². The highest BCUT2D eigenvalue weighted by molar-refractivity contribution is 7.99. The van der Waals surface area contributed by atoms with Crippen molar-refractivity contribution < 1.29 is 0 Å². The van der Waals surface area contributed by atoms with Crippen molar-refractivity contribution in [2.24, 2.45) is 0 Å². The number of anilines is 1. The second-order valence-corrected chi connectivity index (χ2v) is 5.99. The topological polar surface area (TPSA) is 37.8 Å². The molecule has 0 fully saturated rings. The minimum atomic E-state index is 0.936. The molecule has 0 radical (unpaired) electrons. The van der Waals surface area contributed by atoms with Crippen molar-refractivity contribution in [3.05, 3.63) is 41.2 Å². The molecule has 0 amide bonds. The quantitative estimate of drug-likeness (QED) is 0.828. The molecule has 2 aromatic rings. The lowest BCUT2D eigenvalue weighted by molar-refractivity contribution is 0.938. The van der Waals surface area contributed by atoms with Gasteiger partial charge >= 0.3 is 0 Å². The van der Waals surface area contributed by atoms with Crippen LogP contribution in [0.2, 0.25) is 0 Å². The Labute approximate surface area is 125 Å². The van der Waals surface area contributed by atoms with Gasteiger partial charge in [-0.25, -0.2) is 9.97 Å². The summed E-state index contributed by atoms with van der Waals surface area (Å²) < 4.78 is 0. The van der Waals surface area contributed by atoms with Crippen molar-refractivity contribution in [1.29, 1.82) is 0 Å². The summed E-state index contributed by atoms with van der Waals surface area (Å²) in [5.74, 6) is 0.938. The van der Waals surface area contributed by atoms with Crippen LogP contribution in [0.4, 0.5) is 5.82 Å². The van der Waals surface area contributed by atoms with Gasteiger partial charge in [0.2, 0.25) is 0 Å². The van der Waals surface area contributed by atoms with E-state index in [1.54, 1.807) is 18.1 Å². The van der Waals surface area contributed by atoms with Crippen LogP contribution < -0.4 is 5.32 Å². The van der Waals surface area contributed by atoms with Gasteiger partial charge in [-0.05, 0) is 50.5 Å². The second-order valence-electron chi connectivity index (χ2n) is 4.93. The van der Waals surface area contributed by atoms with E-state index in [1.807, 2.05) is 0 Å². The summed E-state index contributed by atoms with van der Waals surface area (Å²) in [6, 6.07) is 6.51. The Hall–Kier alpha value is -1.55. The maximum absolute atomic E-state index is 4.41. The van der Waals surface area contributed by atoms with Gasteiger partial charge in [-0.15, -0.1) is 0 Å². The lowest BCUT2D eigenvalue weighted by Gasteiger charge is -2.11. The highest BCUT2D eigenvalue weighted by Gasteiger charge is 2.08. The highest BCUT2D eigenvalue weighted by atomic mass is 32.2. The molecule has 0 unspecified atom stereocenters. The van der Waals surface area contributed by atoms with Crippen LogP contribution in [0, 0.1) is 20.8 Å². The third-order valence-corrected chi connectivity index (χ3v) is 4.37. The van der Waals surface area contributed by atoms with E-state index in [-0.39, 0.29) is 0 Å². The van der Waals surface area contributed by atoms with Crippen molar-refractivity contribution >= 4 is 17.6 Å². The highest BCUT2D eigenvalue weighted by Crippen LogP contribution is 2.31. The third-order valence-electron chi connectivity index (χ3n) is 3.27. The van der Waals surface area contributed by atoms with Gasteiger partial charge in [0.25, 0.3) is 0 Å². The summed E-state index contributed by atoms with van der Waals surface area (Å²) in [7, 11) is 0. The van der Waals surface area contributed by atoms with Gasteiger partial charge < -0.3 is 5.32 Å². The third kappa shape index (κ3) is 3.51. The summed E-state index contributed by atoms with van der Waals surface area (Å²) in [6.07, 6.45) is 2.72. The first-order chi connectivity index (χ1) is 9.61. The molecule has 106 valence electrons. The first kappa shape index (κ1) is 14.9. The van der Waals surface area contributed by atoms with Crippen LogP contribution in [0.5, 0.6) is 0 Å². The Balaban J connectivity index is 2.22. The van der Waals surface area contributed by atoms with Gasteiger partial charge in [0.1, 0.15) is 17.2 Å². The van der Waals surface area contributed by atoms with Gasteiger partial charge in [0, 0.05) is 17.0 Å². The van der Waals surface area contributed by atoms with Gasteiger partial charge in [0.05, 0.1) is 0 Å². The molecule has 0 atom stereocenters. The van der Waals surface area contributed by atoms with Crippen molar-refractivity contribution in [2.45, 2.75) is 44.0 Å². The molecule has 1 N–H and O–H groups in total. The van der Waals surface area contributed by atoms with Crippen LogP contribution >= 0.6 is 11.8 Å². The molecular weight excluding hydrogens is 266 g/mol. The maximum Gasteiger partial charge on any atom is 0.133 e.